The van der Waals surface area contributed by atoms with E-state index in [0.29, 0.717) is 11.3 Å². The highest BCUT2D eigenvalue weighted by Gasteiger charge is 2.00. The van der Waals surface area contributed by atoms with Crippen LogP contribution in [0.5, 0.6) is 11.6 Å². The minimum atomic E-state index is -0.547. The van der Waals surface area contributed by atoms with Gasteiger partial charge in [-0.15, -0.1) is 0 Å². The van der Waals surface area contributed by atoms with Gasteiger partial charge in [-0.05, 0) is 23.8 Å². The number of halogens is 1. The predicted molar refractivity (Wildman–Crippen MR) is 66.7 cm³/mol. The van der Waals surface area contributed by atoms with Crippen LogP contribution in [-0.4, -0.2) is 9.91 Å². The smallest absolute Gasteiger partial charge is 0.235 e. The molecule has 0 saturated carbocycles. The van der Waals surface area contributed by atoms with Gasteiger partial charge in [0, 0.05) is 12.1 Å². The Balaban J connectivity index is 2.15. The van der Waals surface area contributed by atoms with Gasteiger partial charge < -0.3 is 4.74 Å². The summed E-state index contributed by atoms with van der Waals surface area (Å²) in [5, 5.41) is 10.2. The summed E-state index contributed by atoms with van der Waals surface area (Å²) in [6.45, 7) is 0. The molecule has 0 unspecified atom stereocenters. The Morgan fingerprint density at radius 3 is 2.84 bits per heavy atom. The molecule has 0 aliphatic heterocycles. The van der Waals surface area contributed by atoms with Crippen LogP contribution in [-0.2, 0) is 0 Å². The van der Waals surface area contributed by atoms with E-state index in [4.69, 9.17) is 4.74 Å². The molecule has 96 valence electrons. The van der Waals surface area contributed by atoms with Crippen molar-refractivity contribution in [2.45, 2.75) is 0 Å². The molecular weight excluding hydrogens is 251 g/mol. The minimum absolute atomic E-state index is 0.247. The molecule has 0 aliphatic carbocycles. The summed E-state index contributed by atoms with van der Waals surface area (Å²) in [6, 6.07) is 9.32. The van der Waals surface area contributed by atoms with Gasteiger partial charge in [-0.3, -0.25) is 10.1 Å². The third-order valence-corrected chi connectivity index (χ3v) is 2.17. The second kappa shape index (κ2) is 5.72. The first-order chi connectivity index (χ1) is 9.13. The van der Waals surface area contributed by atoms with Gasteiger partial charge in [-0.2, -0.15) is 0 Å². The molecule has 2 aromatic rings. The predicted octanol–water partition coefficient (Wildman–Crippen LogP) is 3.26. The molecule has 6 heteroatoms. The molecule has 1 heterocycles. The van der Waals surface area contributed by atoms with Gasteiger partial charge in [-0.25, -0.2) is 9.37 Å². The van der Waals surface area contributed by atoms with E-state index in [1.807, 2.05) is 0 Å². The Kier molecular flexibility index (Phi) is 3.82. The van der Waals surface area contributed by atoms with Crippen LogP contribution in [0.4, 0.5) is 4.39 Å². The fourth-order valence-electron chi connectivity index (χ4n) is 1.37. The van der Waals surface area contributed by atoms with Crippen molar-refractivity contribution in [3.63, 3.8) is 0 Å². The normalized spacial score (nSPS) is 10.6. The lowest BCUT2D eigenvalue weighted by Gasteiger charge is -2.04. The van der Waals surface area contributed by atoms with Crippen LogP contribution in [0, 0.1) is 15.9 Å². The molecule has 1 aromatic carbocycles. The first-order valence-electron chi connectivity index (χ1n) is 5.35. The standard InChI is InChI=1S/C13H9FN2O3/c14-11-4-5-13(15-9-11)19-12-3-1-2-10(8-12)6-7-16(17)18/h1-9H/b7-6+. The first kappa shape index (κ1) is 12.7. The average Bonchev–Trinajstić information content (AvgIpc) is 2.40. The number of nitro groups is 1. The van der Waals surface area contributed by atoms with E-state index in [1.165, 1.54) is 18.2 Å². The van der Waals surface area contributed by atoms with Crippen LogP contribution in [0.1, 0.15) is 5.56 Å². The number of ether oxygens (including phenoxy) is 1. The third-order valence-electron chi connectivity index (χ3n) is 2.17. The van der Waals surface area contributed by atoms with Crippen LogP contribution in [0.3, 0.4) is 0 Å². The summed E-state index contributed by atoms with van der Waals surface area (Å²) in [5.41, 5.74) is 0.622. The molecule has 0 amide bonds. The number of hydrogen-bond acceptors (Lipinski definition) is 4. The molecule has 0 spiro atoms. The second-order valence-electron chi connectivity index (χ2n) is 3.59. The van der Waals surface area contributed by atoms with Gasteiger partial charge in [0.25, 0.3) is 0 Å². The van der Waals surface area contributed by atoms with E-state index in [2.05, 4.69) is 4.98 Å². The van der Waals surface area contributed by atoms with Crippen LogP contribution in [0.2, 0.25) is 0 Å². The molecule has 1 aromatic heterocycles. The van der Waals surface area contributed by atoms with E-state index in [-0.39, 0.29) is 5.88 Å². The number of benzene rings is 1. The minimum Gasteiger partial charge on any atom is -0.439 e. The summed E-state index contributed by atoms with van der Waals surface area (Å²) in [7, 11) is 0. The third kappa shape index (κ3) is 3.88. The van der Waals surface area contributed by atoms with E-state index in [9.17, 15) is 14.5 Å². The van der Waals surface area contributed by atoms with Gasteiger partial charge in [0.05, 0.1) is 11.1 Å². The highest BCUT2D eigenvalue weighted by atomic mass is 19.1. The quantitative estimate of drug-likeness (QED) is 0.625. The lowest BCUT2D eigenvalue weighted by molar-refractivity contribution is -0.400. The molecule has 0 radical (unpaired) electrons. The van der Waals surface area contributed by atoms with Gasteiger partial charge in [0.1, 0.15) is 11.6 Å². The molecule has 0 fully saturated rings. The van der Waals surface area contributed by atoms with E-state index < -0.39 is 10.7 Å². The second-order valence-corrected chi connectivity index (χ2v) is 3.59. The molecule has 19 heavy (non-hydrogen) atoms. The number of pyridine rings is 1. The van der Waals surface area contributed by atoms with Gasteiger partial charge >= 0.3 is 0 Å². The lowest BCUT2D eigenvalue weighted by atomic mass is 10.2. The Morgan fingerprint density at radius 2 is 2.16 bits per heavy atom. The first-order valence-corrected chi connectivity index (χ1v) is 5.35. The van der Waals surface area contributed by atoms with Crippen LogP contribution in [0.15, 0.2) is 48.8 Å². The highest BCUT2D eigenvalue weighted by molar-refractivity contribution is 5.51. The molecule has 0 bridgehead atoms. The molecule has 2 rings (SSSR count). The molecular formula is C13H9FN2O3. The van der Waals surface area contributed by atoms with Crippen LogP contribution >= 0.6 is 0 Å². The van der Waals surface area contributed by atoms with Gasteiger partial charge in [0.15, 0.2) is 0 Å². The van der Waals surface area contributed by atoms with E-state index in [1.54, 1.807) is 24.3 Å². The zero-order valence-electron chi connectivity index (χ0n) is 9.69. The summed E-state index contributed by atoms with van der Waals surface area (Å²) < 4.78 is 18.1. The fraction of sp³-hybridized carbons (Fsp3) is 0. The average molecular weight is 260 g/mol. The monoisotopic (exact) mass is 260 g/mol. The Morgan fingerprint density at radius 1 is 1.32 bits per heavy atom. The summed E-state index contributed by atoms with van der Waals surface area (Å²) >= 11 is 0. The summed E-state index contributed by atoms with van der Waals surface area (Å²) in [5.74, 6) is 0.261. The maximum absolute atomic E-state index is 12.7. The van der Waals surface area contributed by atoms with Gasteiger partial charge in [0.2, 0.25) is 12.1 Å². The van der Waals surface area contributed by atoms with Crippen molar-refractivity contribution in [1.29, 1.82) is 0 Å². The van der Waals surface area contributed by atoms with Crippen molar-refractivity contribution in [2.24, 2.45) is 0 Å². The van der Waals surface area contributed by atoms with Crippen LogP contribution < -0.4 is 4.74 Å². The number of aromatic nitrogens is 1. The highest BCUT2D eigenvalue weighted by Crippen LogP contribution is 2.20. The fourth-order valence-corrected chi connectivity index (χ4v) is 1.37. The van der Waals surface area contributed by atoms with Crippen molar-refractivity contribution in [1.82, 2.24) is 4.98 Å². The van der Waals surface area contributed by atoms with Crippen molar-refractivity contribution in [3.8, 4) is 11.6 Å². The maximum atomic E-state index is 12.7. The van der Waals surface area contributed by atoms with Crippen molar-refractivity contribution < 1.29 is 14.1 Å². The molecule has 5 nitrogen and oxygen atoms in total. The zero-order chi connectivity index (χ0) is 13.7. The summed E-state index contributed by atoms with van der Waals surface area (Å²) in [6.07, 6.45) is 3.24. The lowest BCUT2D eigenvalue weighted by Crippen LogP contribution is -1.89. The number of nitrogens with zero attached hydrogens (tertiary/aromatic N) is 2. The van der Waals surface area contributed by atoms with Crippen molar-refractivity contribution in [3.05, 3.63) is 70.3 Å². The van der Waals surface area contributed by atoms with Gasteiger partial charge in [-0.1, -0.05) is 12.1 Å². The van der Waals surface area contributed by atoms with Crippen LogP contribution in [0.25, 0.3) is 6.08 Å². The van der Waals surface area contributed by atoms with Crippen molar-refractivity contribution in [2.75, 3.05) is 0 Å². The number of rotatable bonds is 4. The van der Waals surface area contributed by atoms with Crippen molar-refractivity contribution >= 4 is 6.08 Å². The topological polar surface area (TPSA) is 65.3 Å². The maximum Gasteiger partial charge on any atom is 0.235 e. The van der Waals surface area contributed by atoms with E-state index in [0.717, 1.165) is 12.4 Å². The SMILES string of the molecule is O=[N+]([O-])/C=C/c1cccc(Oc2ccc(F)cn2)c1. The number of hydrogen-bond donors (Lipinski definition) is 0. The molecule has 0 saturated heterocycles. The Bertz CT molecular complexity index is 612. The Labute approximate surface area is 108 Å². The van der Waals surface area contributed by atoms with E-state index >= 15 is 0 Å². The Hall–Kier alpha value is -2.76. The molecule has 0 aliphatic rings. The molecule has 0 N–H and O–H groups in total. The zero-order valence-corrected chi connectivity index (χ0v) is 9.69. The molecule has 0 atom stereocenters. The largest absolute Gasteiger partial charge is 0.439 e. The summed E-state index contributed by atoms with van der Waals surface area (Å²) in [4.78, 5) is 13.4.